The van der Waals surface area contributed by atoms with Crippen LogP contribution in [-0.2, 0) is 11.4 Å². The molecule has 0 saturated heterocycles. The SMILES string of the molecule is CCOc1cccc(NC(=O)/C(C#N)=C\c2cc(OC)c(OCc3cccc(F)c3)cc2Br)c1. The molecule has 34 heavy (non-hydrogen) atoms. The monoisotopic (exact) mass is 524 g/mol. The fourth-order valence-electron chi connectivity index (χ4n) is 3.05. The van der Waals surface area contributed by atoms with E-state index in [0.717, 1.165) is 0 Å². The minimum absolute atomic E-state index is 0.0991. The number of halogens is 2. The Kier molecular flexibility index (Phi) is 8.66. The van der Waals surface area contributed by atoms with Crippen LogP contribution >= 0.6 is 15.9 Å². The number of carbonyl (C=O) groups excluding carboxylic acids is 1. The van der Waals surface area contributed by atoms with E-state index in [1.165, 1.54) is 25.3 Å². The van der Waals surface area contributed by atoms with Gasteiger partial charge in [-0.1, -0.05) is 34.1 Å². The number of hydrogen-bond acceptors (Lipinski definition) is 5. The van der Waals surface area contributed by atoms with Crippen LogP contribution in [0, 0.1) is 17.1 Å². The standard InChI is InChI=1S/C26H22BrFN2O4/c1-3-33-22-9-5-8-21(13-22)30-26(31)19(15-29)11-18-12-24(32-2)25(14-23(18)27)34-16-17-6-4-7-20(28)10-17/h4-14H,3,16H2,1-2H3,(H,30,31)/b19-11-. The third kappa shape index (κ3) is 6.59. The summed E-state index contributed by atoms with van der Waals surface area (Å²) < 4.78 is 30.6. The number of hydrogen-bond donors (Lipinski definition) is 1. The first-order chi connectivity index (χ1) is 16.4. The van der Waals surface area contributed by atoms with E-state index in [-0.39, 0.29) is 18.0 Å². The number of amides is 1. The summed E-state index contributed by atoms with van der Waals surface area (Å²) in [6.07, 6.45) is 1.45. The summed E-state index contributed by atoms with van der Waals surface area (Å²) >= 11 is 3.45. The lowest BCUT2D eigenvalue weighted by Crippen LogP contribution is -2.13. The number of nitriles is 1. The average Bonchev–Trinajstić information content (AvgIpc) is 2.82. The second-order valence-corrected chi connectivity index (χ2v) is 7.88. The molecule has 0 spiro atoms. The molecule has 3 rings (SSSR count). The van der Waals surface area contributed by atoms with Crippen molar-refractivity contribution in [3.8, 4) is 23.3 Å². The minimum atomic E-state index is -0.562. The van der Waals surface area contributed by atoms with Gasteiger partial charge in [-0.05, 0) is 60.5 Å². The number of nitrogens with zero attached hydrogens (tertiary/aromatic N) is 1. The van der Waals surface area contributed by atoms with E-state index in [2.05, 4.69) is 21.2 Å². The topological polar surface area (TPSA) is 80.6 Å². The van der Waals surface area contributed by atoms with Gasteiger partial charge in [-0.2, -0.15) is 5.26 Å². The maximum Gasteiger partial charge on any atom is 0.266 e. The first-order valence-corrected chi connectivity index (χ1v) is 11.1. The first-order valence-electron chi connectivity index (χ1n) is 10.3. The Balaban J connectivity index is 1.80. The summed E-state index contributed by atoms with van der Waals surface area (Å²) in [5.41, 5.74) is 1.62. The van der Waals surface area contributed by atoms with Gasteiger partial charge in [-0.15, -0.1) is 0 Å². The second-order valence-electron chi connectivity index (χ2n) is 7.03. The van der Waals surface area contributed by atoms with E-state index < -0.39 is 5.91 Å². The zero-order chi connectivity index (χ0) is 24.5. The lowest BCUT2D eigenvalue weighted by atomic mass is 10.1. The lowest BCUT2D eigenvalue weighted by molar-refractivity contribution is -0.112. The molecule has 6 nitrogen and oxygen atoms in total. The molecular weight excluding hydrogens is 503 g/mol. The van der Waals surface area contributed by atoms with E-state index in [4.69, 9.17) is 14.2 Å². The Labute approximate surface area is 205 Å². The summed E-state index contributed by atoms with van der Waals surface area (Å²) in [7, 11) is 1.48. The quantitative estimate of drug-likeness (QED) is 0.269. The van der Waals surface area contributed by atoms with Gasteiger partial charge in [0.25, 0.3) is 5.91 Å². The van der Waals surface area contributed by atoms with Gasteiger partial charge in [-0.3, -0.25) is 4.79 Å². The van der Waals surface area contributed by atoms with Gasteiger partial charge in [0.2, 0.25) is 0 Å². The van der Waals surface area contributed by atoms with Crippen LogP contribution in [0.3, 0.4) is 0 Å². The molecule has 0 aliphatic rings. The van der Waals surface area contributed by atoms with Crippen LogP contribution in [0.5, 0.6) is 17.2 Å². The number of nitrogens with one attached hydrogen (secondary N) is 1. The van der Waals surface area contributed by atoms with Gasteiger partial charge in [0.15, 0.2) is 11.5 Å². The van der Waals surface area contributed by atoms with Crippen LogP contribution in [0.1, 0.15) is 18.1 Å². The molecular formula is C26H22BrFN2O4. The number of carbonyl (C=O) groups is 1. The van der Waals surface area contributed by atoms with Gasteiger partial charge in [0.05, 0.1) is 13.7 Å². The van der Waals surface area contributed by atoms with Crippen molar-refractivity contribution < 1.29 is 23.4 Å². The zero-order valence-corrected chi connectivity index (χ0v) is 20.2. The van der Waals surface area contributed by atoms with Crippen molar-refractivity contribution in [3.05, 3.63) is 87.7 Å². The van der Waals surface area contributed by atoms with Crippen LogP contribution in [0.4, 0.5) is 10.1 Å². The molecule has 3 aromatic carbocycles. The van der Waals surface area contributed by atoms with Crippen molar-refractivity contribution in [2.75, 3.05) is 19.0 Å². The van der Waals surface area contributed by atoms with Gasteiger partial charge in [0, 0.05) is 16.2 Å². The summed E-state index contributed by atoms with van der Waals surface area (Å²) in [4.78, 5) is 12.7. The summed E-state index contributed by atoms with van der Waals surface area (Å²) in [6.45, 7) is 2.51. The third-order valence-electron chi connectivity index (χ3n) is 4.63. The van der Waals surface area contributed by atoms with E-state index in [0.29, 0.717) is 45.1 Å². The highest BCUT2D eigenvalue weighted by molar-refractivity contribution is 9.10. The highest BCUT2D eigenvalue weighted by Gasteiger charge is 2.14. The molecule has 0 aliphatic carbocycles. The second kappa shape index (κ2) is 11.9. The highest BCUT2D eigenvalue weighted by atomic mass is 79.9. The number of methoxy groups -OCH3 is 1. The largest absolute Gasteiger partial charge is 0.494 e. The van der Waals surface area contributed by atoms with Crippen molar-refractivity contribution in [3.63, 3.8) is 0 Å². The normalized spacial score (nSPS) is 10.9. The molecule has 1 amide bonds. The smallest absolute Gasteiger partial charge is 0.266 e. The molecule has 0 aromatic heterocycles. The number of rotatable bonds is 9. The van der Waals surface area contributed by atoms with Crippen molar-refractivity contribution in [2.24, 2.45) is 0 Å². The van der Waals surface area contributed by atoms with Crippen LogP contribution in [0.25, 0.3) is 6.08 Å². The van der Waals surface area contributed by atoms with Crippen molar-refractivity contribution >= 4 is 33.6 Å². The fourth-order valence-corrected chi connectivity index (χ4v) is 3.49. The van der Waals surface area contributed by atoms with Crippen LogP contribution < -0.4 is 19.5 Å². The van der Waals surface area contributed by atoms with Gasteiger partial charge in [0.1, 0.15) is 29.8 Å². The van der Waals surface area contributed by atoms with Crippen LogP contribution in [-0.4, -0.2) is 19.6 Å². The maximum absolute atomic E-state index is 13.4. The van der Waals surface area contributed by atoms with E-state index in [1.807, 2.05) is 13.0 Å². The Morgan fingerprint density at radius 2 is 1.91 bits per heavy atom. The maximum atomic E-state index is 13.4. The Hall–Kier alpha value is -3.83. The lowest BCUT2D eigenvalue weighted by Gasteiger charge is -2.13. The Bertz CT molecular complexity index is 1250. The fraction of sp³-hybridized carbons (Fsp3) is 0.154. The van der Waals surface area contributed by atoms with Gasteiger partial charge in [-0.25, -0.2) is 4.39 Å². The number of ether oxygens (including phenoxy) is 3. The summed E-state index contributed by atoms with van der Waals surface area (Å²) in [5.74, 6) is 0.527. The van der Waals surface area contributed by atoms with Crippen molar-refractivity contribution in [1.82, 2.24) is 0 Å². The minimum Gasteiger partial charge on any atom is -0.494 e. The number of anilines is 1. The highest BCUT2D eigenvalue weighted by Crippen LogP contribution is 2.35. The molecule has 8 heteroatoms. The molecule has 3 aromatic rings. The molecule has 0 aliphatic heterocycles. The van der Waals surface area contributed by atoms with Gasteiger partial charge < -0.3 is 19.5 Å². The molecule has 0 heterocycles. The van der Waals surface area contributed by atoms with E-state index >= 15 is 0 Å². The molecule has 0 unspecified atom stereocenters. The molecule has 0 radical (unpaired) electrons. The molecule has 0 fully saturated rings. The average molecular weight is 525 g/mol. The molecule has 0 bridgehead atoms. The zero-order valence-electron chi connectivity index (χ0n) is 18.6. The van der Waals surface area contributed by atoms with Crippen LogP contribution in [0.15, 0.2) is 70.7 Å². The third-order valence-corrected chi connectivity index (χ3v) is 5.32. The van der Waals surface area contributed by atoms with E-state index in [9.17, 15) is 14.4 Å². The molecule has 1 N–H and O–H groups in total. The van der Waals surface area contributed by atoms with Crippen molar-refractivity contribution in [2.45, 2.75) is 13.5 Å². The molecule has 0 saturated carbocycles. The first kappa shape index (κ1) is 24.8. The predicted octanol–water partition coefficient (Wildman–Crippen LogP) is 6.12. The molecule has 174 valence electrons. The summed E-state index contributed by atoms with van der Waals surface area (Å²) in [5, 5.41) is 12.3. The Morgan fingerprint density at radius 3 is 2.62 bits per heavy atom. The van der Waals surface area contributed by atoms with E-state index in [1.54, 1.807) is 48.5 Å². The predicted molar refractivity (Wildman–Crippen MR) is 131 cm³/mol. The van der Waals surface area contributed by atoms with Crippen LogP contribution in [0.2, 0.25) is 0 Å². The number of benzene rings is 3. The molecule has 0 atom stereocenters. The summed E-state index contributed by atoms with van der Waals surface area (Å²) in [6, 6.07) is 18.3. The van der Waals surface area contributed by atoms with Crippen molar-refractivity contribution in [1.29, 1.82) is 5.26 Å². The Morgan fingerprint density at radius 1 is 1.12 bits per heavy atom. The van der Waals surface area contributed by atoms with Gasteiger partial charge >= 0.3 is 0 Å².